The van der Waals surface area contributed by atoms with E-state index in [9.17, 15) is 5.26 Å². The molecule has 1 aliphatic rings. The van der Waals surface area contributed by atoms with Gasteiger partial charge in [-0.05, 0) is 16.7 Å². The highest BCUT2D eigenvalue weighted by Gasteiger charge is 2.57. The Morgan fingerprint density at radius 3 is 2.00 bits per heavy atom. The van der Waals surface area contributed by atoms with E-state index in [4.69, 9.17) is 24.5 Å². The molecule has 7 nitrogen and oxygen atoms in total. The molecule has 0 amide bonds. The number of ether oxygens (including phenoxy) is 4. The monoisotopic (exact) mass is 485 g/mol. The smallest absolute Gasteiger partial charge is 0.138 e. The lowest BCUT2D eigenvalue weighted by molar-refractivity contribution is -0.160. The van der Waals surface area contributed by atoms with E-state index in [0.29, 0.717) is 13.2 Å². The standard InChI is InChI=1S/C29H31N3O4/c30-16-26(17-32-31)29(36-20-25-14-8-3-9-15-25)22-35-27(21-33-18-23-10-4-1-5-11-23)28(29)34-19-24-12-6-2-7-13-24/h1-15,26-28,31H,17-22H2. The van der Waals surface area contributed by atoms with E-state index in [1.54, 1.807) is 0 Å². The maximum atomic E-state index is 10.1. The summed E-state index contributed by atoms with van der Waals surface area (Å²) >= 11 is 0. The summed E-state index contributed by atoms with van der Waals surface area (Å²) in [5, 5.41) is 13.6. The Morgan fingerprint density at radius 2 is 1.44 bits per heavy atom. The van der Waals surface area contributed by atoms with Crippen LogP contribution in [0.5, 0.6) is 0 Å². The van der Waals surface area contributed by atoms with Gasteiger partial charge in [-0.3, -0.25) is 0 Å². The van der Waals surface area contributed by atoms with Crippen molar-refractivity contribution in [3.05, 3.63) is 108 Å². The Bertz CT molecular complexity index is 1110. The number of nitriles is 1. The molecule has 36 heavy (non-hydrogen) atoms. The zero-order valence-corrected chi connectivity index (χ0v) is 20.2. The molecule has 1 N–H and O–H groups in total. The summed E-state index contributed by atoms with van der Waals surface area (Å²) in [5.41, 5.74) is 9.39. The molecule has 7 heteroatoms. The molecule has 0 aromatic heterocycles. The van der Waals surface area contributed by atoms with Crippen molar-refractivity contribution in [2.24, 2.45) is 11.0 Å². The minimum Gasteiger partial charge on any atom is -0.374 e. The molecule has 0 radical (unpaired) electrons. The minimum atomic E-state index is -1.11. The Hall–Kier alpha value is -3.41. The summed E-state index contributed by atoms with van der Waals surface area (Å²) in [4.78, 5) is 0. The quantitative estimate of drug-likeness (QED) is 0.331. The van der Waals surface area contributed by atoms with Crippen molar-refractivity contribution in [1.82, 2.24) is 0 Å². The molecule has 1 heterocycles. The average molecular weight is 486 g/mol. The predicted molar refractivity (Wildman–Crippen MR) is 134 cm³/mol. The predicted octanol–water partition coefficient (Wildman–Crippen LogP) is 5.31. The van der Waals surface area contributed by atoms with Crippen LogP contribution >= 0.6 is 0 Å². The fourth-order valence-corrected chi connectivity index (χ4v) is 4.44. The summed E-state index contributed by atoms with van der Waals surface area (Å²) in [6.45, 7) is 1.47. The second-order valence-corrected chi connectivity index (χ2v) is 8.82. The van der Waals surface area contributed by atoms with Crippen molar-refractivity contribution in [1.29, 1.82) is 10.8 Å². The zero-order valence-electron chi connectivity index (χ0n) is 20.2. The third-order valence-corrected chi connectivity index (χ3v) is 6.38. The molecule has 3 aromatic rings. The number of hydrogen-bond acceptors (Lipinski definition) is 7. The van der Waals surface area contributed by atoms with Crippen LogP contribution in [0.4, 0.5) is 0 Å². The maximum absolute atomic E-state index is 10.1. The summed E-state index contributed by atoms with van der Waals surface area (Å²) in [7, 11) is 0. The van der Waals surface area contributed by atoms with Crippen LogP contribution in [0, 0.1) is 22.8 Å². The van der Waals surface area contributed by atoms with Gasteiger partial charge < -0.3 is 18.9 Å². The molecule has 3 aromatic carbocycles. The first-order valence-electron chi connectivity index (χ1n) is 12.0. The topological polar surface area (TPSA) is 96.9 Å². The van der Waals surface area contributed by atoms with Gasteiger partial charge in [0.05, 0.1) is 45.6 Å². The summed E-state index contributed by atoms with van der Waals surface area (Å²) in [6.07, 6.45) is -1.04. The van der Waals surface area contributed by atoms with Crippen LogP contribution in [0.1, 0.15) is 16.7 Å². The van der Waals surface area contributed by atoms with Gasteiger partial charge in [0.15, 0.2) is 0 Å². The van der Waals surface area contributed by atoms with Gasteiger partial charge in [-0.25, -0.2) is 5.53 Å². The van der Waals surface area contributed by atoms with Crippen molar-refractivity contribution in [2.45, 2.75) is 37.6 Å². The van der Waals surface area contributed by atoms with Gasteiger partial charge >= 0.3 is 0 Å². The van der Waals surface area contributed by atoms with Gasteiger partial charge in [-0.15, -0.1) is 0 Å². The van der Waals surface area contributed by atoms with Crippen LogP contribution in [0.15, 0.2) is 96.1 Å². The first-order valence-corrected chi connectivity index (χ1v) is 12.0. The van der Waals surface area contributed by atoms with Crippen molar-refractivity contribution in [2.75, 3.05) is 19.8 Å². The lowest BCUT2D eigenvalue weighted by Gasteiger charge is -2.37. The van der Waals surface area contributed by atoms with Gasteiger partial charge in [0, 0.05) is 0 Å². The number of nitrogens with zero attached hydrogens (tertiary/aromatic N) is 2. The molecule has 1 fully saturated rings. The van der Waals surface area contributed by atoms with Crippen LogP contribution in [0.2, 0.25) is 0 Å². The third-order valence-electron chi connectivity index (χ3n) is 6.38. The van der Waals surface area contributed by atoms with Crippen molar-refractivity contribution in [3.8, 4) is 6.07 Å². The average Bonchev–Trinajstić information content (AvgIpc) is 3.29. The molecular formula is C29H31N3O4. The van der Waals surface area contributed by atoms with Crippen molar-refractivity contribution < 1.29 is 18.9 Å². The number of benzene rings is 3. The number of nitrogens with one attached hydrogen (secondary N) is 1. The SMILES string of the molecule is N#CC(CN=N)C1(OCc2ccccc2)COC(COCc2ccccc2)C1OCc1ccccc1. The molecule has 4 atom stereocenters. The molecule has 1 saturated heterocycles. The zero-order chi connectivity index (χ0) is 25.1. The van der Waals surface area contributed by atoms with Crippen molar-refractivity contribution >= 4 is 0 Å². The highest BCUT2D eigenvalue weighted by Crippen LogP contribution is 2.39. The lowest BCUT2D eigenvalue weighted by Crippen LogP contribution is -2.54. The summed E-state index contributed by atoms with van der Waals surface area (Å²) < 4.78 is 25.2. The van der Waals surface area contributed by atoms with Crippen molar-refractivity contribution in [3.63, 3.8) is 0 Å². The molecule has 0 bridgehead atoms. The van der Waals surface area contributed by atoms with Gasteiger partial charge in [0.2, 0.25) is 0 Å². The van der Waals surface area contributed by atoms with E-state index in [1.165, 1.54) is 0 Å². The molecule has 0 saturated carbocycles. The molecule has 0 spiro atoms. The van der Waals surface area contributed by atoms with E-state index in [-0.39, 0.29) is 26.4 Å². The fourth-order valence-electron chi connectivity index (χ4n) is 4.44. The number of hydrogen-bond donors (Lipinski definition) is 1. The number of rotatable bonds is 13. The van der Waals surface area contributed by atoms with E-state index >= 15 is 0 Å². The van der Waals surface area contributed by atoms with Gasteiger partial charge in [0.1, 0.15) is 23.7 Å². The summed E-state index contributed by atoms with van der Waals surface area (Å²) in [6, 6.07) is 31.9. The highest BCUT2D eigenvalue weighted by atomic mass is 16.6. The first kappa shape index (κ1) is 25.7. The Labute approximate surface area is 212 Å². The lowest BCUT2D eigenvalue weighted by atomic mass is 9.83. The van der Waals surface area contributed by atoms with Gasteiger partial charge in [-0.1, -0.05) is 91.0 Å². The normalized spacial score (nSPS) is 22.1. The first-order chi connectivity index (χ1) is 17.7. The van der Waals surface area contributed by atoms with E-state index in [1.807, 2.05) is 91.0 Å². The van der Waals surface area contributed by atoms with Crippen LogP contribution < -0.4 is 0 Å². The molecular weight excluding hydrogens is 454 g/mol. The maximum Gasteiger partial charge on any atom is 0.138 e. The van der Waals surface area contributed by atoms with E-state index in [2.05, 4.69) is 11.2 Å². The minimum absolute atomic E-state index is 0.00254. The highest BCUT2D eigenvalue weighted by molar-refractivity contribution is 5.17. The van der Waals surface area contributed by atoms with Crippen LogP contribution in [0.3, 0.4) is 0 Å². The molecule has 4 unspecified atom stereocenters. The largest absolute Gasteiger partial charge is 0.374 e. The molecule has 186 valence electrons. The Morgan fingerprint density at radius 1 is 0.889 bits per heavy atom. The fraction of sp³-hybridized carbons (Fsp3) is 0.345. The Balaban J connectivity index is 1.57. The third kappa shape index (κ3) is 6.42. The molecule has 1 aliphatic heterocycles. The second kappa shape index (κ2) is 13.1. The van der Waals surface area contributed by atoms with Crippen LogP contribution in [-0.4, -0.2) is 37.6 Å². The van der Waals surface area contributed by atoms with E-state index < -0.39 is 23.7 Å². The van der Waals surface area contributed by atoms with Gasteiger partial charge in [0.25, 0.3) is 0 Å². The second-order valence-electron chi connectivity index (χ2n) is 8.82. The molecule has 4 rings (SSSR count). The van der Waals surface area contributed by atoms with Crippen LogP contribution in [-0.2, 0) is 38.8 Å². The Kier molecular flexibility index (Phi) is 9.31. The van der Waals surface area contributed by atoms with Crippen LogP contribution in [0.25, 0.3) is 0 Å². The molecule has 0 aliphatic carbocycles. The van der Waals surface area contributed by atoms with E-state index in [0.717, 1.165) is 16.7 Å². The summed E-state index contributed by atoms with van der Waals surface area (Å²) in [5.74, 6) is -0.724. The van der Waals surface area contributed by atoms with Gasteiger partial charge in [-0.2, -0.15) is 10.4 Å².